The molecule has 0 aliphatic rings. The highest BCUT2D eigenvalue weighted by atomic mass is 31.1. The predicted octanol–water partition coefficient (Wildman–Crippen LogP) is 7.48. The molecule has 0 saturated carbocycles. The summed E-state index contributed by atoms with van der Waals surface area (Å²) in [6.45, 7) is 29.3. The Balaban J connectivity index is -0.000000301. The average Bonchev–Trinajstić information content (AvgIpc) is 2.23. The molecule has 0 aliphatic carbocycles. The highest BCUT2D eigenvalue weighted by Gasteiger charge is 2.20. The Labute approximate surface area is 156 Å². The smallest absolute Gasteiger partial charge is 0.300 e. The fourth-order valence-corrected chi connectivity index (χ4v) is 10.7. The SMILES string of the molecule is CC(=O)O.CC(C)P(C(C)C)C(C)C.CC(C)P(C(C)C)C(C)C. The molecule has 0 aromatic heterocycles. The van der Waals surface area contributed by atoms with Crippen LogP contribution in [0.1, 0.15) is 90.0 Å². The molecule has 0 fully saturated rings. The van der Waals surface area contributed by atoms with Gasteiger partial charge in [-0.2, -0.15) is 0 Å². The Morgan fingerprint density at radius 2 is 0.625 bits per heavy atom. The number of aliphatic carboxylic acids is 1. The lowest BCUT2D eigenvalue weighted by atomic mass is 10.5. The summed E-state index contributed by atoms with van der Waals surface area (Å²) in [5, 5.41) is 7.42. The van der Waals surface area contributed by atoms with Crippen molar-refractivity contribution in [2.24, 2.45) is 0 Å². The molecule has 0 aromatic carbocycles. The van der Waals surface area contributed by atoms with Crippen LogP contribution >= 0.6 is 15.8 Å². The molecule has 0 aromatic rings. The third-order valence-electron chi connectivity index (χ3n) is 3.58. The van der Waals surface area contributed by atoms with E-state index in [0.717, 1.165) is 40.9 Å². The van der Waals surface area contributed by atoms with E-state index in [4.69, 9.17) is 9.90 Å². The summed E-state index contributed by atoms with van der Waals surface area (Å²) in [7, 11) is 0.525. The second-order valence-electron chi connectivity index (χ2n) is 7.98. The minimum absolute atomic E-state index is 0.262. The third-order valence-corrected chi connectivity index (χ3v) is 10.7. The van der Waals surface area contributed by atoms with Gasteiger partial charge in [0.15, 0.2) is 0 Å². The monoisotopic (exact) mass is 380 g/mol. The number of hydrogen-bond donors (Lipinski definition) is 1. The van der Waals surface area contributed by atoms with Crippen molar-refractivity contribution in [1.29, 1.82) is 0 Å². The zero-order valence-electron chi connectivity index (χ0n) is 18.7. The van der Waals surface area contributed by atoms with Crippen LogP contribution < -0.4 is 0 Å². The normalized spacial score (nSPS) is 11.5. The molecule has 0 bridgehead atoms. The van der Waals surface area contributed by atoms with Crippen molar-refractivity contribution in [2.45, 2.75) is 124 Å². The fourth-order valence-electron chi connectivity index (χ4n) is 3.58. The van der Waals surface area contributed by atoms with Gasteiger partial charge in [0.25, 0.3) is 5.97 Å². The van der Waals surface area contributed by atoms with Gasteiger partial charge in [0.1, 0.15) is 0 Å². The number of carboxylic acids is 1. The zero-order chi connectivity index (χ0) is 20.2. The van der Waals surface area contributed by atoms with E-state index in [2.05, 4.69) is 83.1 Å². The molecule has 148 valence electrons. The predicted molar refractivity (Wildman–Crippen MR) is 118 cm³/mol. The first kappa shape index (κ1) is 29.1. The highest BCUT2D eigenvalue weighted by molar-refractivity contribution is 7.60. The molecule has 0 atom stereocenters. The molecule has 4 heteroatoms. The molecular formula is C20H46O2P2. The largest absolute Gasteiger partial charge is 0.481 e. The molecule has 0 aliphatic heterocycles. The van der Waals surface area contributed by atoms with Crippen LogP contribution in [0.15, 0.2) is 0 Å². The van der Waals surface area contributed by atoms with Crippen molar-refractivity contribution in [1.82, 2.24) is 0 Å². The van der Waals surface area contributed by atoms with E-state index < -0.39 is 5.97 Å². The highest BCUT2D eigenvalue weighted by Crippen LogP contribution is 2.50. The summed E-state index contributed by atoms with van der Waals surface area (Å²) < 4.78 is 0. The molecule has 0 radical (unpaired) electrons. The minimum Gasteiger partial charge on any atom is -0.481 e. The molecule has 0 saturated heterocycles. The van der Waals surface area contributed by atoms with Gasteiger partial charge in [-0.25, -0.2) is 0 Å². The molecule has 0 heterocycles. The van der Waals surface area contributed by atoms with E-state index in [-0.39, 0.29) is 15.8 Å². The summed E-state index contributed by atoms with van der Waals surface area (Å²) in [5.41, 5.74) is 5.39. The van der Waals surface area contributed by atoms with Crippen LogP contribution in [0.25, 0.3) is 0 Å². The third kappa shape index (κ3) is 17.2. The average molecular weight is 381 g/mol. The van der Waals surface area contributed by atoms with Crippen LogP contribution in [0.5, 0.6) is 0 Å². The maximum absolute atomic E-state index is 9.00. The van der Waals surface area contributed by atoms with Crippen LogP contribution in [0, 0.1) is 0 Å². The second kappa shape index (κ2) is 15.6. The minimum atomic E-state index is -0.833. The van der Waals surface area contributed by atoms with Gasteiger partial charge in [-0.3, -0.25) is 4.79 Å². The summed E-state index contributed by atoms with van der Waals surface area (Å²) in [5.74, 6) is -0.833. The van der Waals surface area contributed by atoms with Gasteiger partial charge in [-0.15, -0.1) is 0 Å². The van der Waals surface area contributed by atoms with E-state index in [0.29, 0.717) is 0 Å². The first-order chi connectivity index (χ1) is 10.7. The van der Waals surface area contributed by atoms with Gasteiger partial charge in [0.05, 0.1) is 0 Å². The van der Waals surface area contributed by atoms with Crippen molar-refractivity contribution in [3.05, 3.63) is 0 Å². The fraction of sp³-hybridized carbons (Fsp3) is 0.950. The number of carbonyl (C=O) groups is 1. The van der Waals surface area contributed by atoms with E-state index in [1.54, 1.807) is 0 Å². The van der Waals surface area contributed by atoms with Gasteiger partial charge in [-0.05, 0) is 34.0 Å². The van der Waals surface area contributed by atoms with Gasteiger partial charge < -0.3 is 5.11 Å². The second-order valence-corrected chi connectivity index (χ2v) is 16.0. The molecule has 24 heavy (non-hydrogen) atoms. The first-order valence-corrected chi connectivity index (χ1v) is 12.5. The van der Waals surface area contributed by atoms with Crippen LogP contribution in [0.2, 0.25) is 0 Å². The lowest BCUT2D eigenvalue weighted by molar-refractivity contribution is -0.134. The Morgan fingerprint density at radius 1 is 0.542 bits per heavy atom. The van der Waals surface area contributed by atoms with Crippen molar-refractivity contribution in [3.8, 4) is 0 Å². The molecule has 0 amide bonds. The first-order valence-electron chi connectivity index (χ1n) is 9.41. The van der Waals surface area contributed by atoms with Crippen molar-refractivity contribution < 1.29 is 9.90 Å². The number of carboxylic acid groups (broad SMARTS) is 1. The molecule has 0 unspecified atom stereocenters. The summed E-state index contributed by atoms with van der Waals surface area (Å²) in [4.78, 5) is 9.00. The maximum Gasteiger partial charge on any atom is 0.300 e. The van der Waals surface area contributed by atoms with Gasteiger partial charge in [-0.1, -0.05) is 98.9 Å². The van der Waals surface area contributed by atoms with Gasteiger partial charge in [0.2, 0.25) is 0 Å². The Kier molecular flexibility index (Phi) is 18.9. The topological polar surface area (TPSA) is 37.3 Å². The zero-order valence-corrected chi connectivity index (χ0v) is 20.5. The maximum atomic E-state index is 9.00. The Bertz CT molecular complexity index is 232. The van der Waals surface area contributed by atoms with Crippen molar-refractivity contribution in [2.75, 3.05) is 0 Å². The molecule has 0 spiro atoms. The van der Waals surface area contributed by atoms with Crippen LogP contribution in [0.4, 0.5) is 0 Å². The van der Waals surface area contributed by atoms with Gasteiger partial charge in [0, 0.05) is 6.92 Å². The van der Waals surface area contributed by atoms with Crippen LogP contribution in [0.3, 0.4) is 0 Å². The Morgan fingerprint density at radius 3 is 0.625 bits per heavy atom. The lowest BCUT2D eigenvalue weighted by Gasteiger charge is -2.29. The standard InChI is InChI=1S/2C9H21P.C2H4O2/c2*1-7(2)10(8(3)4)9(5)6;1-2(3)4/h2*7-9H,1-6H3;1H3,(H,3,4). The number of hydrogen-bond acceptors (Lipinski definition) is 1. The van der Waals surface area contributed by atoms with Crippen molar-refractivity contribution in [3.63, 3.8) is 0 Å². The number of rotatable bonds is 6. The van der Waals surface area contributed by atoms with Crippen LogP contribution in [-0.2, 0) is 4.79 Å². The van der Waals surface area contributed by atoms with Crippen LogP contribution in [-0.4, -0.2) is 45.0 Å². The van der Waals surface area contributed by atoms with Gasteiger partial charge >= 0.3 is 0 Å². The Hall–Kier alpha value is 0.330. The quantitative estimate of drug-likeness (QED) is 0.485. The molecular weight excluding hydrogens is 334 g/mol. The van der Waals surface area contributed by atoms with E-state index in [1.165, 1.54) is 0 Å². The molecule has 1 N–H and O–H groups in total. The molecule has 0 rings (SSSR count). The van der Waals surface area contributed by atoms with E-state index >= 15 is 0 Å². The molecule has 2 nitrogen and oxygen atoms in total. The summed E-state index contributed by atoms with van der Waals surface area (Å²) in [6, 6.07) is 0. The summed E-state index contributed by atoms with van der Waals surface area (Å²) >= 11 is 0. The van der Waals surface area contributed by atoms with E-state index in [9.17, 15) is 0 Å². The summed E-state index contributed by atoms with van der Waals surface area (Å²) in [6.07, 6.45) is 0. The van der Waals surface area contributed by atoms with E-state index in [1.807, 2.05) is 0 Å². The lowest BCUT2D eigenvalue weighted by Crippen LogP contribution is -2.10. The van der Waals surface area contributed by atoms with Crippen molar-refractivity contribution >= 4 is 21.8 Å².